The van der Waals surface area contributed by atoms with E-state index in [4.69, 9.17) is 0 Å². The zero-order valence-corrected chi connectivity index (χ0v) is 13.4. The number of carbonyl (C=O) groups excluding carboxylic acids is 1. The lowest BCUT2D eigenvalue weighted by Crippen LogP contribution is -2.30. The average molecular weight is 286 g/mol. The van der Waals surface area contributed by atoms with Crippen LogP contribution in [0.3, 0.4) is 0 Å². The minimum absolute atomic E-state index is 0.0197. The Balaban J connectivity index is 1.66. The second-order valence-corrected chi connectivity index (χ2v) is 7.67. The van der Waals surface area contributed by atoms with Crippen LogP contribution in [0.25, 0.3) is 0 Å². The summed E-state index contributed by atoms with van der Waals surface area (Å²) >= 11 is 0. The maximum atomic E-state index is 12.3. The lowest BCUT2D eigenvalue weighted by atomic mass is 9.76. The normalized spacial score (nSPS) is 21.5. The van der Waals surface area contributed by atoms with Gasteiger partial charge in [-0.2, -0.15) is 0 Å². The smallest absolute Gasteiger partial charge is 0.269 e. The summed E-state index contributed by atoms with van der Waals surface area (Å²) in [4.78, 5) is 16.9. The molecule has 0 spiro atoms. The van der Waals surface area contributed by atoms with Gasteiger partial charge in [0.05, 0.1) is 0 Å². The van der Waals surface area contributed by atoms with E-state index in [9.17, 15) is 4.79 Å². The third-order valence-corrected chi connectivity index (χ3v) is 5.03. The Kier molecular flexibility index (Phi) is 3.76. The van der Waals surface area contributed by atoms with Gasteiger partial charge in [-0.05, 0) is 61.0 Å². The minimum Gasteiger partial charge on any atom is -0.350 e. The Morgan fingerprint density at radius 3 is 2.90 bits per heavy atom. The Morgan fingerprint density at radius 1 is 1.43 bits per heavy atom. The fourth-order valence-electron chi connectivity index (χ4n) is 3.23. The summed E-state index contributed by atoms with van der Waals surface area (Å²) in [7, 11) is 0. The molecule has 0 radical (unpaired) electrons. The van der Waals surface area contributed by atoms with Crippen LogP contribution in [0.5, 0.6) is 0 Å². The van der Waals surface area contributed by atoms with E-state index in [0.29, 0.717) is 17.0 Å². The van der Waals surface area contributed by atoms with Crippen molar-refractivity contribution in [2.75, 3.05) is 6.54 Å². The number of aromatic nitrogens is 1. The molecule has 0 bridgehead atoms. The first-order valence-corrected chi connectivity index (χ1v) is 8.22. The molecular weight excluding hydrogens is 260 g/mol. The number of fused-ring (bicyclic) bond motifs is 1. The standard InChI is InChI=1S/C18H26N2O/c1-12(13-4-5-13)11-19-17(21)15-7-6-14-8-9-18(2,3)10-16(14)20-15/h6-7,12-13H,4-5,8-11H2,1-3H3,(H,19,21). The molecule has 1 N–H and O–H groups in total. The van der Waals surface area contributed by atoms with Crippen LogP contribution in [0.4, 0.5) is 0 Å². The summed E-state index contributed by atoms with van der Waals surface area (Å²) < 4.78 is 0. The molecule has 0 aromatic carbocycles. The summed E-state index contributed by atoms with van der Waals surface area (Å²) in [6, 6.07) is 3.98. The molecule has 0 saturated heterocycles. The zero-order chi connectivity index (χ0) is 15.0. The first-order valence-electron chi connectivity index (χ1n) is 8.22. The Hall–Kier alpha value is -1.38. The van der Waals surface area contributed by atoms with Gasteiger partial charge in [0.2, 0.25) is 0 Å². The SMILES string of the molecule is CC(CNC(=O)c1ccc2c(n1)CC(C)(C)CC2)C1CC1. The first-order chi connectivity index (χ1) is 9.94. The predicted molar refractivity (Wildman–Crippen MR) is 84.3 cm³/mol. The monoisotopic (exact) mass is 286 g/mol. The number of pyridine rings is 1. The molecular formula is C18H26N2O. The lowest BCUT2D eigenvalue weighted by molar-refractivity contribution is 0.0941. The van der Waals surface area contributed by atoms with Crippen LogP contribution in [0.15, 0.2) is 12.1 Å². The van der Waals surface area contributed by atoms with Gasteiger partial charge in [-0.3, -0.25) is 4.79 Å². The van der Waals surface area contributed by atoms with Crippen molar-refractivity contribution in [2.45, 2.75) is 52.9 Å². The van der Waals surface area contributed by atoms with Crippen LogP contribution in [0.1, 0.15) is 61.8 Å². The number of hydrogen-bond acceptors (Lipinski definition) is 2. The molecule has 1 amide bonds. The molecule has 1 aromatic heterocycles. The van der Waals surface area contributed by atoms with Crippen LogP contribution in [-0.4, -0.2) is 17.4 Å². The Morgan fingerprint density at radius 2 is 2.19 bits per heavy atom. The molecule has 0 aliphatic heterocycles. The van der Waals surface area contributed by atoms with Gasteiger partial charge in [-0.25, -0.2) is 4.98 Å². The molecule has 21 heavy (non-hydrogen) atoms. The number of hydrogen-bond donors (Lipinski definition) is 1. The summed E-state index contributed by atoms with van der Waals surface area (Å²) in [5.74, 6) is 1.39. The van der Waals surface area contributed by atoms with Crippen molar-refractivity contribution in [1.29, 1.82) is 0 Å². The molecule has 3 nitrogen and oxygen atoms in total. The number of nitrogens with one attached hydrogen (secondary N) is 1. The summed E-state index contributed by atoms with van der Waals surface area (Å²) in [5.41, 5.74) is 3.32. The van der Waals surface area contributed by atoms with Crippen LogP contribution in [-0.2, 0) is 12.8 Å². The lowest BCUT2D eigenvalue weighted by Gasteiger charge is -2.30. The van der Waals surface area contributed by atoms with Gasteiger partial charge >= 0.3 is 0 Å². The van der Waals surface area contributed by atoms with Gasteiger partial charge in [0.25, 0.3) is 5.91 Å². The summed E-state index contributed by atoms with van der Waals surface area (Å²) in [6.07, 6.45) is 5.90. The van der Waals surface area contributed by atoms with Crippen molar-refractivity contribution in [3.05, 3.63) is 29.1 Å². The molecule has 1 heterocycles. The van der Waals surface area contributed by atoms with Crippen molar-refractivity contribution in [3.63, 3.8) is 0 Å². The molecule has 1 fully saturated rings. The van der Waals surface area contributed by atoms with Crippen molar-refractivity contribution in [1.82, 2.24) is 10.3 Å². The molecule has 2 aliphatic carbocycles. The number of amides is 1. The topological polar surface area (TPSA) is 42.0 Å². The van der Waals surface area contributed by atoms with E-state index >= 15 is 0 Å². The van der Waals surface area contributed by atoms with Crippen LogP contribution in [0.2, 0.25) is 0 Å². The fraction of sp³-hybridized carbons (Fsp3) is 0.667. The van der Waals surface area contributed by atoms with E-state index in [-0.39, 0.29) is 5.91 Å². The van der Waals surface area contributed by atoms with Crippen molar-refractivity contribution in [2.24, 2.45) is 17.3 Å². The Bertz CT molecular complexity index is 546. The van der Waals surface area contributed by atoms with Crippen molar-refractivity contribution < 1.29 is 4.79 Å². The largest absolute Gasteiger partial charge is 0.350 e. The number of aryl methyl sites for hydroxylation is 1. The Labute approximate surface area is 127 Å². The van der Waals surface area contributed by atoms with E-state index in [1.165, 1.54) is 24.8 Å². The fourth-order valence-corrected chi connectivity index (χ4v) is 3.23. The molecule has 1 atom stereocenters. The van der Waals surface area contributed by atoms with Crippen molar-refractivity contribution >= 4 is 5.91 Å². The number of rotatable bonds is 4. The highest BCUT2D eigenvalue weighted by atomic mass is 16.1. The maximum Gasteiger partial charge on any atom is 0.269 e. The van der Waals surface area contributed by atoms with Gasteiger partial charge in [0.15, 0.2) is 0 Å². The van der Waals surface area contributed by atoms with E-state index in [2.05, 4.69) is 37.1 Å². The van der Waals surface area contributed by atoms with E-state index in [1.807, 2.05) is 6.07 Å². The molecule has 1 aromatic rings. The molecule has 1 saturated carbocycles. The molecule has 114 valence electrons. The van der Waals surface area contributed by atoms with E-state index in [0.717, 1.165) is 31.0 Å². The quantitative estimate of drug-likeness (QED) is 0.922. The number of nitrogens with zero attached hydrogens (tertiary/aromatic N) is 1. The molecule has 3 rings (SSSR count). The maximum absolute atomic E-state index is 12.3. The van der Waals surface area contributed by atoms with Crippen LogP contribution in [0, 0.1) is 17.3 Å². The van der Waals surface area contributed by atoms with Gasteiger partial charge in [0, 0.05) is 12.2 Å². The highest BCUT2D eigenvalue weighted by molar-refractivity contribution is 5.92. The second kappa shape index (κ2) is 5.43. The third-order valence-electron chi connectivity index (χ3n) is 5.03. The second-order valence-electron chi connectivity index (χ2n) is 7.67. The average Bonchev–Trinajstić information content (AvgIpc) is 3.27. The minimum atomic E-state index is -0.0197. The van der Waals surface area contributed by atoms with E-state index in [1.54, 1.807) is 0 Å². The first kappa shape index (κ1) is 14.6. The highest BCUT2D eigenvalue weighted by Crippen LogP contribution is 2.36. The molecule has 3 heteroatoms. The predicted octanol–water partition coefficient (Wildman–Crippen LogP) is 3.37. The van der Waals surface area contributed by atoms with Gasteiger partial charge < -0.3 is 5.32 Å². The van der Waals surface area contributed by atoms with Gasteiger partial charge in [-0.1, -0.05) is 26.8 Å². The van der Waals surface area contributed by atoms with Crippen LogP contribution < -0.4 is 5.32 Å². The van der Waals surface area contributed by atoms with Gasteiger partial charge in [-0.15, -0.1) is 0 Å². The van der Waals surface area contributed by atoms with E-state index < -0.39 is 0 Å². The highest BCUT2D eigenvalue weighted by Gasteiger charge is 2.29. The summed E-state index contributed by atoms with van der Waals surface area (Å²) in [5, 5.41) is 3.05. The molecule has 2 aliphatic rings. The number of carbonyl (C=O) groups is 1. The van der Waals surface area contributed by atoms with Crippen molar-refractivity contribution in [3.8, 4) is 0 Å². The summed E-state index contributed by atoms with van der Waals surface area (Å²) in [6.45, 7) is 7.55. The zero-order valence-electron chi connectivity index (χ0n) is 13.4. The van der Waals surface area contributed by atoms with Crippen LogP contribution >= 0.6 is 0 Å². The molecule has 1 unspecified atom stereocenters. The third kappa shape index (κ3) is 3.45. The van der Waals surface area contributed by atoms with Gasteiger partial charge in [0.1, 0.15) is 5.69 Å².